The van der Waals surface area contributed by atoms with Crippen LogP contribution in [0.15, 0.2) is 0 Å². The van der Waals surface area contributed by atoms with Crippen LogP contribution in [0.5, 0.6) is 0 Å². The predicted octanol–water partition coefficient (Wildman–Crippen LogP) is 2.98. The SMILES string of the molecule is CCO[Si]1(OCC)CCC(C)(C)O[Si]1(C)C. The van der Waals surface area contributed by atoms with Crippen molar-refractivity contribution in [1.82, 2.24) is 0 Å². The molecule has 16 heavy (non-hydrogen) atoms. The highest BCUT2D eigenvalue weighted by atomic mass is 29.3. The van der Waals surface area contributed by atoms with Gasteiger partial charge >= 0.3 is 8.08 Å². The van der Waals surface area contributed by atoms with Gasteiger partial charge in [-0.1, -0.05) is 0 Å². The van der Waals surface area contributed by atoms with E-state index in [1.807, 2.05) is 0 Å². The first-order valence-corrected chi connectivity index (χ1v) is 12.2. The van der Waals surface area contributed by atoms with Crippen molar-refractivity contribution in [1.29, 1.82) is 0 Å². The van der Waals surface area contributed by atoms with E-state index in [0.717, 1.165) is 25.7 Å². The first kappa shape index (κ1) is 14.4. The predicted molar refractivity (Wildman–Crippen MR) is 71.1 cm³/mol. The number of rotatable bonds is 4. The zero-order valence-corrected chi connectivity index (χ0v) is 13.6. The highest BCUT2D eigenvalue weighted by Gasteiger charge is 2.60. The Morgan fingerprint density at radius 2 is 1.62 bits per heavy atom. The minimum Gasteiger partial charge on any atom is -0.409 e. The van der Waals surface area contributed by atoms with Gasteiger partial charge in [0, 0.05) is 13.2 Å². The summed E-state index contributed by atoms with van der Waals surface area (Å²) >= 11 is 0. The van der Waals surface area contributed by atoms with E-state index in [2.05, 4.69) is 40.8 Å². The van der Waals surface area contributed by atoms with E-state index in [-0.39, 0.29) is 5.60 Å². The summed E-state index contributed by atoms with van der Waals surface area (Å²) in [4.78, 5) is 0. The molecule has 5 heteroatoms. The fourth-order valence-electron chi connectivity index (χ4n) is 2.59. The molecule has 0 atom stereocenters. The Balaban J connectivity index is 2.92. The van der Waals surface area contributed by atoms with Crippen molar-refractivity contribution in [2.45, 2.75) is 58.9 Å². The zero-order valence-electron chi connectivity index (χ0n) is 11.6. The lowest BCUT2D eigenvalue weighted by molar-refractivity contribution is 0.0694. The van der Waals surface area contributed by atoms with Crippen molar-refractivity contribution < 1.29 is 13.3 Å². The van der Waals surface area contributed by atoms with Crippen LogP contribution in [-0.2, 0) is 13.3 Å². The van der Waals surface area contributed by atoms with Crippen LogP contribution >= 0.6 is 0 Å². The standard InChI is InChI=1S/C11H26O3Si2/c1-7-12-16(13-8-2)10-9-11(3,4)14-15(16,5)6/h7-10H2,1-6H3. The summed E-state index contributed by atoms with van der Waals surface area (Å²) in [5.74, 6) is 0. The van der Waals surface area contributed by atoms with E-state index >= 15 is 0 Å². The molecule has 0 saturated carbocycles. The van der Waals surface area contributed by atoms with Gasteiger partial charge in [0.25, 0.3) is 0 Å². The van der Waals surface area contributed by atoms with Gasteiger partial charge in [-0.3, -0.25) is 0 Å². The van der Waals surface area contributed by atoms with Crippen LogP contribution in [0.3, 0.4) is 0 Å². The smallest absolute Gasteiger partial charge is 0.349 e. The second kappa shape index (κ2) is 4.90. The molecule has 0 aliphatic carbocycles. The third kappa shape index (κ3) is 2.76. The van der Waals surface area contributed by atoms with Gasteiger partial charge in [0.15, 0.2) is 0 Å². The topological polar surface area (TPSA) is 27.7 Å². The molecule has 0 N–H and O–H groups in total. The van der Waals surface area contributed by atoms with Gasteiger partial charge in [0.05, 0.1) is 5.60 Å². The molecule has 0 bridgehead atoms. The molecule has 1 aliphatic heterocycles. The van der Waals surface area contributed by atoms with Crippen LogP contribution in [0.25, 0.3) is 0 Å². The van der Waals surface area contributed by atoms with Crippen molar-refractivity contribution in [3.05, 3.63) is 0 Å². The van der Waals surface area contributed by atoms with Crippen LogP contribution in [0.4, 0.5) is 0 Å². The summed E-state index contributed by atoms with van der Waals surface area (Å²) < 4.78 is 18.5. The second-order valence-corrected chi connectivity index (χ2v) is 17.2. The number of hydrogen-bond donors (Lipinski definition) is 0. The fraction of sp³-hybridized carbons (Fsp3) is 1.00. The first-order chi connectivity index (χ1) is 7.29. The Bertz CT molecular complexity index is 235. The molecule has 1 aliphatic rings. The van der Waals surface area contributed by atoms with Crippen molar-refractivity contribution in [3.8, 4) is 0 Å². The molecule has 0 aromatic heterocycles. The Hall–Kier alpha value is 0.314. The summed E-state index contributed by atoms with van der Waals surface area (Å²) in [6, 6.07) is 1.08. The van der Waals surface area contributed by atoms with Gasteiger partial charge in [-0.2, -0.15) is 0 Å². The molecule has 0 aromatic carbocycles. The van der Waals surface area contributed by atoms with E-state index in [4.69, 9.17) is 13.3 Å². The zero-order chi connectivity index (χ0) is 12.4. The minimum atomic E-state index is -2.08. The highest BCUT2D eigenvalue weighted by molar-refractivity contribution is 7.34. The van der Waals surface area contributed by atoms with Crippen molar-refractivity contribution in [3.63, 3.8) is 0 Å². The lowest BCUT2D eigenvalue weighted by Crippen LogP contribution is -2.70. The molecule has 1 rings (SSSR count). The van der Waals surface area contributed by atoms with Crippen LogP contribution < -0.4 is 0 Å². The molecule has 96 valence electrons. The van der Waals surface area contributed by atoms with Gasteiger partial charge in [-0.25, -0.2) is 0 Å². The third-order valence-corrected chi connectivity index (χ3v) is 16.0. The van der Waals surface area contributed by atoms with Gasteiger partial charge in [0.1, 0.15) is 0 Å². The maximum absolute atomic E-state index is 6.33. The Kier molecular flexibility index (Phi) is 4.40. The molecule has 1 fully saturated rings. The van der Waals surface area contributed by atoms with Crippen LogP contribution in [0, 0.1) is 0 Å². The van der Waals surface area contributed by atoms with Gasteiger partial charge < -0.3 is 13.3 Å². The lowest BCUT2D eigenvalue weighted by Gasteiger charge is -2.50. The van der Waals surface area contributed by atoms with Gasteiger partial charge in [-0.05, 0) is 53.3 Å². The molecule has 1 heterocycles. The average molecular weight is 262 g/mol. The number of hydrogen-bond acceptors (Lipinski definition) is 3. The third-order valence-electron chi connectivity index (χ3n) is 3.26. The molecular weight excluding hydrogens is 236 g/mol. The van der Waals surface area contributed by atoms with Gasteiger partial charge in [0.2, 0.25) is 7.83 Å². The summed E-state index contributed by atoms with van der Waals surface area (Å²) in [5, 5.41) is 0. The fourth-order valence-corrected chi connectivity index (χ4v) is 14.2. The summed E-state index contributed by atoms with van der Waals surface area (Å²) in [6.45, 7) is 14.5. The molecule has 0 radical (unpaired) electrons. The maximum atomic E-state index is 6.33. The molecule has 0 spiro atoms. The van der Waals surface area contributed by atoms with E-state index in [0.29, 0.717) is 0 Å². The Labute approximate surface area is 102 Å². The molecular formula is C11H26O3Si2. The minimum absolute atomic E-state index is 0.000422. The Morgan fingerprint density at radius 3 is 2.00 bits per heavy atom. The normalized spacial score (nSPS) is 26.6. The van der Waals surface area contributed by atoms with Crippen LogP contribution in [-0.4, -0.2) is 34.7 Å². The molecule has 0 amide bonds. The molecule has 3 nitrogen and oxygen atoms in total. The second-order valence-electron chi connectivity index (χ2n) is 5.49. The lowest BCUT2D eigenvalue weighted by atomic mass is 10.1. The van der Waals surface area contributed by atoms with Crippen molar-refractivity contribution in [2.75, 3.05) is 13.2 Å². The molecule has 0 aromatic rings. The monoisotopic (exact) mass is 262 g/mol. The summed E-state index contributed by atoms with van der Waals surface area (Å²) in [6.07, 6.45) is 1.05. The summed E-state index contributed by atoms with van der Waals surface area (Å²) in [7, 11) is -3.94. The molecule has 0 unspecified atom stereocenters. The van der Waals surface area contributed by atoms with Crippen LogP contribution in [0.1, 0.15) is 34.1 Å². The quantitative estimate of drug-likeness (QED) is 0.729. The van der Waals surface area contributed by atoms with Gasteiger partial charge in [-0.15, -0.1) is 0 Å². The summed E-state index contributed by atoms with van der Waals surface area (Å²) in [5.41, 5.74) is 0.000422. The van der Waals surface area contributed by atoms with E-state index in [9.17, 15) is 0 Å². The highest BCUT2D eigenvalue weighted by Crippen LogP contribution is 2.39. The maximum Gasteiger partial charge on any atom is 0.349 e. The van der Waals surface area contributed by atoms with Crippen LogP contribution in [0.2, 0.25) is 19.1 Å². The first-order valence-electron chi connectivity index (χ1n) is 6.27. The van der Waals surface area contributed by atoms with E-state index in [1.54, 1.807) is 0 Å². The Morgan fingerprint density at radius 1 is 1.12 bits per heavy atom. The molecule has 1 saturated heterocycles. The van der Waals surface area contributed by atoms with Crippen molar-refractivity contribution in [2.24, 2.45) is 0 Å². The van der Waals surface area contributed by atoms with E-state index < -0.39 is 15.9 Å². The largest absolute Gasteiger partial charge is 0.409 e. The van der Waals surface area contributed by atoms with E-state index in [1.165, 1.54) is 0 Å². The van der Waals surface area contributed by atoms with Crippen molar-refractivity contribution >= 4 is 15.9 Å². The average Bonchev–Trinajstić information content (AvgIpc) is 2.11.